The molecule has 0 N–H and O–H groups in total. The average Bonchev–Trinajstić information content (AvgIpc) is 3.13. The summed E-state index contributed by atoms with van der Waals surface area (Å²) in [7, 11) is 1.62. The minimum absolute atomic E-state index is 0.169. The van der Waals surface area contributed by atoms with Crippen LogP contribution in [-0.4, -0.2) is 26.5 Å². The van der Waals surface area contributed by atoms with Gasteiger partial charge in [-0.3, -0.25) is 0 Å². The van der Waals surface area contributed by atoms with Crippen LogP contribution in [0.5, 0.6) is 23.0 Å². The Morgan fingerprint density at radius 2 is 1.81 bits per heavy atom. The Balaban J connectivity index is 1.87. The summed E-state index contributed by atoms with van der Waals surface area (Å²) < 4.78 is 27.5. The van der Waals surface area contributed by atoms with Crippen LogP contribution in [0, 0.1) is 0 Å². The van der Waals surface area contributed by atoms with Gasteiger partial charge in [0, 0.05) is 17.5 Å². The van der Waals surface area contributed by atoms with Crippen molar-refractivity contribution in [3.05, 3.63) is 58.9 Å². The predicted molar refractivity (Wildman–Crippen MR) is 97.4 cm³/mol. The molecule has 2 aromatic rings. The molecule has 6 heteroatoms. The molecule has 1 atom stereocenters. The first-order valence-corrected chi connectivity index (χ1v) is 8.75. The smallest absolute Gasteiger partial charge is 0.338 e. The standard InChI is InChI=1S/C21H20O6/c1-4-24-21(22)19-12(2)27-16-10-18-17(25-11-26-18)9-15(16)20(19)13-5-7-14(23-3)8-6-13/h5-10,20H,4,11H2,1-3H3/t20-/m1/s1. The summed E-state index contributed by atoms with van der Waals surface area (Å²) in [6, 6.07) is 11.3. The molecule has 4 rings (SSSR count). The van der Waals surface area contributed by atoms with Gasteiger partial charge in [0.15, 0.2) is 11.5 Å². The molecule has 0 spiro atoms. The van der Waals surface area contributed by atoms with E-state index in [9.17, 15) is 4.79 Å². The zero-order chi connectivity index (χ0) is 19.0. The molecule has 27 heavy (non-hydrogen) atoms. The van der Waals surface area contributed by atoms with Gasteiger partial charge in [0.1, 0.15) is 17.3 Å². The van der Waals surface area contributed by atoms with Crippen LogP contribution in [0.3, 0.4) is 0 Å². The van der Waals surface area contributed by atoms with Gasteiger partial charge in [-0.25, -0.2) is 4.79 Å². The van der Waals surface area contributed by atoms with Crippen LogP contribution in [0.25, 0.3) is 0 Å². The lowest BCUT2D eigenvalue weighted by Crippen LogP contribution is -2.23. The monoisotopic (exact) mass is 368 g/mol. The van der Waals surface area contributed by atoms with Crippen molar-refractivity contribution in [1.82, 2.24) is 0 Å². The van der Waals surface area contributed by atoms with E-state index >= 15 is 0 Å². The van der Waals surface area contributed by atoms with E-state index in [2.05, 4.69) is 0 Å². The van der Waals surface area contributed by atoms with Gasteiger partial charge < -0.3 is 23.7 Å². The molecule has 0 amide bonds. The quantitative estimate of drug-likeness (QED) is 0.765. The summed E-state index contributed by atoms with van der Waals surface area (Å²) in [4.78, 5) is 12.7. The molecule has 0 radical (unpaired) electrons. The van der Waals surface area contributed by atoms with Gasteiger partial charge in [0.25, 0.3) is 0 Å². The van der Waals surface area contributed by atoms with Crippen LogP contribution in [0.15, 0.2) is 47.7 Å². The third-order valence-electron chi connectivity index (χ3n) is 4.69. The van der Waals surface area contributed by atoms with E-state index in [-0.39, 0.29) is 18.7 Å². The summed E-state index contributed by atoms with van der Waals surface area (Å²) >= 11 is 0. The number of benzene rings is 2. The zero-order valence-corrected chi connectivity index (χ0v) is 15.4. The minimum Gasteiger partial charge on any atom is -0.497 e. The fraction of sp³-hybridized carbons (Fsp3) is 0.286. The molecule has 140 valence electrons. The van der Waals surface area contributed by atoms with Gasteiger partial charge in [-0.1, -0.05) is 12.1 Å². The lowest BCUT2D eigenvalue weighted by Gasteiger charge is -2.29. The minimum atomic E-state index is -0.390. The third kappa shape index (κ3) is 2.97. The normalized spacial score (nSPS) is 17.2. The number of allylic oxidation sites excluding steroid dienone is 1. The first-order chi connectivity index (χ1) is 13.1. The summed E-state index contributed by atoms with van der Waals surface area (Å²) in [5.41, 5.74) is 2.24. The van der Waals surface area contributed by atoms with E-state index in [1.54, 1.807) is 27.0 Å². The van der Waals surface area contributed by atoms with Crippen molar-refractivity contribution in [3.63, 3.8) is 0 Å². The fourth-order valence-electron chi connectivity index (χ4n) is 3.44. The second kappa shape index (κ2) is 6.87. The average molecular weight is 368 g/mol. The van der Waals surface area contributed by atoms with Crippen molar-refractivity contribution < 1.29 is 28.5 Å². The summed E-state index contributed by atoms with van der Waals surface area (Å²) in [6.45, 7) is 4.02. The summed E-state index contributed by atoms with van der Waals surface area (Å²) in [5, 5.41) is 0. The predicted octanol–water partition coefficient (Wildman–Crippen LogP) is 3.79. The zero-order valence-electron chi connectivity index (χ0n) is 15.4. The maximum Gasteiger partial charge on any atom is 0.338 e. The van der Waals surface area contributed by atoms with Crippen molar-refractivity contribution in [2.45, 2.75) is 19.8 Å². The Hall–Kier alpha value is -3.15. The van der Waals surface area contributed by atoms with E-state index in [4.69, 9.17) is 23.7 Å². The molecule has 0 fully saturated rings. The fourth-order valence-corrected chi connectivity index (χ4v) is 3.44. The first-order valence-electron chi connectivity index (χ1n) is 8.75. The van der Waals surface area contributed by atoms with Crippen molar-refractivity contribution in [2.75, 3.05) is 20.5 Å². The maximum absolute atomic E-state index is 12.7. The molecule has 2 heterocycles. The highest BCUT2D eigenvalue weighted by molar-refractivity contribution is 5.93. The molecule has 2 aromatic carbocycles. The molecular formula is C21H20O6. The first kappa shape index (κ1) is 17.3. The number of ether oxygens (including phenoxy) is 5. The van der Waals surface area contributed by atoms with E-state index in [0.29, 0.717) is 35.2 Å². The Labute approximate surface area is 157 Å². The van der Waals surface area contributed by atoms with Crippen LogP contribution < -0.4 is 18.9 Å². The second-order valence-corrected chi connectivity index (χ2v) is 6.24. The van der Waals surface area contributed by atoms with Crippen molar-refractivity contribution >= 4 is 5.97 Å². The van der Waals surface area contributed by atoms with Gasteiger partial charge in [0.2, 0.25) is 6.79 Å². The highest BCUT2D eigenvalue weighted by atomic mass is 16.7. The van der Waals surface area contributed by atoms with Crippen LogP contribution in [0.4, 0.5) is 0 Å². The molecule has 0 saturated heterocycles. The SMILES string of the molecule is CCOC(=O)C1=C(C)Oc2cc3c(cc2[C@H]1c1ccc(OC)cc1)OCO3. The number of methoxy groups -OCH3 is 1. The summed E-state index contributed by atoms with van der Waals surface area (Å²) in [6.07, 6.45) is 0. The Bertz CT molecular complexity index is 913. The molecule has 0 aromatic heterocycles. The Kier molecular flexibility index (Phi) is 4.39. The van der Waals surface area contributed by atoms with Gasteiger partial charge >= 0.3 is 5.97 Å². The molecule has 0 aliphatic carbocycles. The lowest BCUT2D eigenvalue weighted by molar-refractivity contribution is -0.139. The van der Waals surface area contributed by atoms with E-state index in [1.165, 1.54) is 0 Å². The van der Waals surface area contributed by atoms with Crippen LogP contribution in [-0.2, 0) is 9.53 Å². The number of carbonyl (C=O) groups excluding carboxylic acids is 1. The van der Waals surface area contributed by atoms with Crippen LogP contribution in [0.2, 0.25) is 0 Å². The maximum atomic E-state index is 12.7. The molecule has 0 unspecified atom stereocenters. The van der Waals surface area contributed by atoms with Crippen molar-refractivity contribution in [1.29, 1.82) is 0 Å². The van der Waals surface area contributed by atoms with Gasteiger partial charge in [0.05, 0.1) is 19.3 Å². The number of fused-ring (bicyclic) bond motifs is 2. The van der Waals surface area contributed by atoms with Crippen LogP contribution in [0.1, 0.15) is 30.9 Å². The van der Waals surface area contributed by atoms with Crippen molar-refractivity contribution in [2.24, 2.45) is 0 Å². The highest BCUT2D eigenvalue weighted by Crippen LogP contribution is 2.49. The number of carbonyl (C=O) groups is 1. The van der Waals surface area contributed by atoms with Crippen LogP contribution >= 0.6 is 0 Å². The van der Waals surface area contributed by atoms with Gasteiger partial charge in [-0.15, -0.1) is 0 Å². The molecule has 6 nitrogen and oxygen atoms in total. The third-order valence-corrected chi connectivity index (χ3v) is 4.69. The summed E-state index contributed by atoms with van der Waals surface area (Å²) in [5.74, 6) is 2.45. The number of rotatable bonds is 4. The lowest BCUT2D eigenvalue weighted by atomic mass is 9.82. The number of hydrogen-bond donors (Lipinski definition) is 0. The topological polar surface area (TPSA) is 63.2 Å². The second-order valence-electron chi connectivity index (χ2n) is 6.24. The van der Waals surface area contributed by atoms with E-state index < -0.39 is 0 Å². The molecule has 0 saturated carbocycles. The number of hydrogen-bond acceptors (Lipinski definition) is 6. The Morgan fingerprint density at radius 1 is 1.11 bits per heavy atom. The Morgan fingerprint density at radius 3 is 2.48 bits per heavy atom. The highest BCUT2D eigenvalue weighted by Gasteiger charge is 2.36. The molecule has 0 bridgehead atoms. The molecule has 2 aliphatic heterocycles. The molecule has 2 aliphatic rings. The molecular weight excluding hydrogens is 348 g/mol. The van der Waals surface area contributed by atoms with Gasteiger partial charge in [-0.2, -0.15) is 0 Å². The number of esters is 1. The van der Waals surface area contributed by atoms with Gasteiger partial charge in [-0.05, 0) is 37.6 Å². The van der Waals surface area contributed by atoms with E-state index in [0.717, 1.165) is 16.9 Å². The van der Waals surface area contributed by atoms with Crippen molar-refractivity contribution in [3.8, 4) is 23.0 Å². The largest absolute Gasteiger partial charge is 0.497 e. The van der Waals surface area contributed by atoms with E-state index in [1.807, 2.05) is 30.3 Å².